The van der Waals surface area contributed by atoms with E-state index in [0.29, 0.717) is 28.4 Å². The first kappa shape index (κ1) is 19.7. The monoisotopic (exact) mass is 386 g/mol. The van der Waals surface area contributed by atoms with Crippen LogP contribution < -0.4 is 19.7 Å². The second-order valence-corrected chi connectivity index (χ2v) is 6.85. The van der Waals surface area contributed by atoms with Gasteiger partial charge in [-0.15, -0.1) is 0 Å². The number of anilines is 2. The molecule has 1 fully saturated rings. The van der Waals surface area contributed by atoms with Gasteiger partial charge in [0, 0.05) is 30.4 Å². The van der Waals surface area contributed by atoms with E-state index in [1.54, 1.807) is 38.3 Å². The fraction of sp³-hybridized carbons (Fsp3) is 0.333. The molecule has 1 saturated heterocycles. The number of ether oxygens (including phenoxy) is 2. The van der Waals surface area contributed by atoms with Gasteiger partial charge in [0.15, 0.2) is 11.5 Å². The number of carbonyl (C=O) groups is 2. The number of halogens is 1. The van der Waals surface area contributed by atoms with Gasteiger partial charge in [0.2, 0.25) is 11.8 Å². The van der Waals surface area contributed by atoms with Crippen LogP contribution in [0.5, 0.6) is 11.5 Å². The van der Waals surface area contributed by atoms with E-state index in [1.807, 2.05) is 6.92 Å². The summed E-state index contributed by atoms with van der Waals surface area (Å²) in [5, 5.41) is 2.86. The van der Waals surface area contributed by atoms with E-state index in [1.165, 1.54) is 18.1 Å². The Morgan fingerprint density at radius 2 is 1.79 bits per heavy atom. The van der Waals surface area contributed by atoms with Crippen molar-refractivity contribution in [3.05, 3.63) is 47.3 Å². The highest BCUT2D eigenvalue weighted by Gasteiger charge is 2.35. The topological polar surface area (TPSA) is 67.9 Å². The molecule has 7 heteroatoms. The molecule has 6 nitrogen and oxygen atoms in total. The summed E-state index contributed by atoms with van der Waals surface area (Å²) in [5.41, 5.74) is 2.38. The Morgan fingerprint density at radius 3 is 2.43 bits per heavy atom. The average Bonchev–Trinajstić information content (AvgIpc) is 3.07. The van der Waals surface area contributed by atoms with Crippen molar-refractivity contribution in [2.45, 2.75) is 20.3 Å². The summed E-state index contributed by atoms with van der Waals surface area (Å²) in [5.74, 6) is -0.293. The first-order valence-corrected chi connectivity index (χ1v) is 8.94. The van der Waals surface area contributed by atoms with Crippen molar-refractivity contribution < 1.29 is 23.5 Å². The Bertz CT molecular complexity index is 929. The number of rotatable bonds is 5. The number of aryl methyl sites for hydroxylation is 2. The lowest BCUT2D eigenvalue weighted by Gasteiger charge is -2.18. The normalized spacial score (nSPS) is 16.2. The first-order valence-electron chi connectivity index (χ1n) is 8.94. The molecule has 0 radical (unpaired) electrons. The van der Waals surface area contributed by atoms with Crippen LogP contribution in [-0.2, 0) is 9.59 Å². The van der Waals surface area contributed by atoms with Gasteiger partial charge >= 0.3 is 0 Å². The summed E-state index contributed by atoms with van der Waals surface area (Å²) in [6, 6.07) is 8.10. The number of carbonyl (C=O) groups excluding carboxylic acids is 2. The zero-order chi connectivity index (χ0) is 20.4. The largest absolute Gasteiger partial charge is 0.493 e. The molecule has 0 bridgehead atoms. The van der Waals surface area contributed by atoms with Gasteiger partial charge in [-0.3, -0.25) is 9.59 Å². The highest BCUT2D eigenvalue weighted by Crippen LogP contribution is 2.34. The van der Waals surface area contributed by atoms with Crippen LogP contribution in [0.15, 0.2) is 30.3 Å². The minimum atomic E-state index is -0.524. The molecule has 1 N–H and O–H groups in total. The summed E-state index contributed by atoms with van der Waals surface area (Å²) < 4.78 is 24.4. The number of hydrogen-bond donors (Lipinski definition) is 1. The lowest BCUT2D eigenvalue weighted by Crippen LogP contribution is -2.28. The number of nitrogens with zero attached hydrogens (tertiary/aromatic N) is 1. The number of benzene rings is 2. The van der Waals surface area contributed by atoms with Crippen molar-refractivity contribution in [3.8, 4) is 11.5 Å². The van der Waals surface area contributed by atoms with Crippen molar-refractivity contribution in [1.29, 1.82) is 0 Å². The molecule has 1 aliphatic heterocycles. The molecular formula is C21H23FN2O4. The Morgan fingerprint density at radius 1 is 1.11 bits per heavy atom. The lowest BCUT2D eigenvalue weighted by atomic mass is 10.1. The zero-order valence-electron chi connectivity index (χ0n) is 16.3. The van der Waals surface area contributed by atoms with Crippen LogP contribution >= 0.6 is 0 Å². The average molecular weight is 386 g/mol. The molecule has 0 saturated carbocycles. The van der Waals surface area contributed by atoms with E-state index in [-0.39, 0.29) is 30.6 Å². The summed E-state index contributed by atoms with van der Waals surface area (Å²) in [4.78, 5) is 26.6. The van der Waals surface area contributed by atoms with Crippen molar-refractivity contribution in [2.24, 2.45) is 5.92 Å². The standard InChI is InChI=1S/C21H23FN2O4/c1-12-5-6-15(9-16(12)22)24-11-14(8-20(24)25)21(26)23-17-10-19(28-4)18(27-3)7-13(17)2/h5-7,9-10,14H,8,11H2,1-4H3,(H,23,26). The molecule has 1 atom stereocenters. The second kappa shape index (κ2) is 7.88. The van der Waals surface area contributed by atoms with Crippen molar-refractivity contribution >= 4 is 23.2 Å². The van der Waals surface area contributed by atoms with E-state index in [2.05, 4.69) is 5.32 Å². The predicted octanol–water partition coefficient (Wildman–Crippen LogP) is 3.45. The van der Waals surface area contributed by atoms with Gasteiger partial charge in [-0.05, 0) is 43.2 Å². The van der Waals surface area contributed by atoms with Crippen molar-refractivity contribution in [3.63, 3.8) is 0 Å². The minimum Gasteiger partial charge on any atom is -0.493 e. The Balaban J connectivity index is 1.75. The maximum Gasteiger partial charge on any atom is 0.229 e. The van der Waals surface area contributed by atoms with Crippen LogP contribution in [0.3, 0.4) is 0 Å². The van der Waals surface area contributed by atoms with Gasteiger partial charge in [-0.25, -0.2) is 4.39 Å². The SMILES string of the molecule is COc1cc(C)c(NC(=O)C2CC(=O)N(c3ccc(C)c(F)c3)C2)cc1OC. The molecule has 0 spiro atoms. The molecule has 2 amide bonds. The van der Waals surface area contributed by atoms with E-state index in [9.17, 15) is 14.0 Å². The molecular weight excluding hydrogens is 363 g/mol. The third kappa shape index (κ3) is 3.78. The fourth-order valence-corrected chi connectivity index (χ4v) is 3.23. The van der Waals surface area contributed by atoms with Gasteiger partial charge < -0.3 is 19.7 Å². The van der Waals surface area contributed by atoms with Crippen molar-refractivity contribution in [1.82, 2.24) is 0 Å². The number of hydrogen-bond acceptors (Lipinski definition) is 4. The van der Waals surface area contributed by atoms with Gasteiger partial charge in [0.05, 0.1) is 20.1 Å². The second-order valence-electron chi connectivity index (χ2n) is 6.85. The minimum absolute atomic E-state index is 0.0770. The van der Waals surface area contributed by atoms with Crippen LogP contribution in [0, 0.1) is 25.6 Å². The maximum atomic E-state index is 13.8. The van der Waals surface area contributed by atoms with Crippen molar-refractivity contribution in [2.75, 3.05) is 31.0 Å². The predicted molar refractivity (Wildman–Crippen MR) is 105 cm³/mol. The zero-order valence-corrected chi connectivity index (χ0v) is 16.3. The van der Waals surface area contributed by atoms with Gasteiger partial charge in [0.25, 0.3) is 0 Å². The third-order valence-electron chi connectivity index (χ3n) is 4.95. The molecule has 2 aromatic carbocycles. The van der Waals surface area contributed by atoms with E-state index >= 15 is 0 Å². The van der Waals surface area contributed by atoms with Gasteiger partial charge in [0.1, 0.15) is 5.82 Å². The first-order chi connectivity index (χ1) is 13.3. The third-order valence-corrected chi connectivity index (χ3v) is 4.95. The summed E-state index contributed by atoms with van der Waals surface area (Å²) in [6.45, 7) is 3.71. The molecule has 1 heterocycles. The molecule has 1 unspecified atom stereocenters. The van der Waals surface area contributed by atoms with Gasteiger partial charge in [-0.2, -0.15) is 0 Å². The summed E-state index contributed by atoms with van der Waals surface area (Å²) >= 11 is 0. The molecule has 2 aromatic rings. The van der Waals surface area contributed by atoms with E-state index in [0.717, 1.165) is 5.56 Å². The highest BCUT2D eigenvalue weighted by molar-refractivity contribution is 6.03. The molecule has 28 heavy (non-hydrogen) atoms. The highest BCUT2D eigenvalue weighted by atomic mass is 19.1. The number of methoxy groups -OCH3 is 2. The van der Waals surface area contributed by atoms with Gasteiger partial charge in [-0.1, -0.05) is 6.07 Å². The Labute approximate surface area is 163 Å². The molecule has 1 aliphatic rings. The number of nitrogens with one attached hydrogen (secondary N) is 1. The van der Waals surface area contributed by atoms with Crippen LogP contribution in [0.2, 0.25) is 0 Å². The van der Waals surface area contributed by atoms with Crippen LogP contribution in [0.4, 0.5) is 15.8 Å². The Kier molecular flexibility index (Phi) is 5.53. The quantitative estimate of drug-likeness (QED) is 0.855. The summed E-state index contributed by atoms with van der Waals surface area (Å²) in [7, 11) is 3.06. The van der Waals surface area contributed by atoms with E-state index in [4.69, 9.17) is 9.47 Å². The molecule has 148 valence electrons. The summed E-state index contributed by atoms with van der Waals surface area (Å²) in [6.07, 6.45) is 0.0770. The fourth-order valence-electron chi connectivity index (χ4n) is 3.23. The number of amides is 2. The smallest absolute Gasteiger partial charge is 0.229 e. The van der Waals surface area contributed by atoms with Crippen LogP contribution in [0.25, 0.3) is 0 Å². The molecule has 3 rings (SSSR count). The lowest BCUT2D eigenvalue weighted by molar-refractivity contribution is -0.122. The molecule has 0 aromatic heterocycles. The maximum absolute atomic E-state index is 13.8. The van der Waals surface area contributed by atoms with Crippen LogP contribution in [0.1, 0.15) is 17.5 Å². The van der Waals surface area contributed by atoms with E-state index < -0.39 is 5.92 Å². The molecule has 0 aliphatic carbocycles. The Hall–Kier alpha value is -3.09. The van der Waals surface area contributed by atoms with Crippen LogP contribution in [-0.4, -0.2) is 32.6 Å².